The van der Waals surface area contributed by atoms with E-state index in [2.05, 4.69) is 16.3 Å². The topological polar surface area (TPSA) is 61.7 Å². The van der Waals surface area contributed by atoms with E-state index in [1.807, 2.05) is 0 Å². The SMILES string of the molecule is CC1(C#N)C(OC2CC2)=CC(Cl)=C(F)C1c1ccn[nH]1. The van der Waals surface area contributed by atoms with Gasteiger partial charge >= 0.3 is 0 Å². The molecule has 1 saturated carbocycles. The Morgan fingerprint density at radius 3 is 2.90 bits per heavy atom. The van der Waals surface area contributed by atoms with Crippen LogP contribution in [0.15, 0.2) is 35.0 Å². The fourth-order valence-corrected chi connectivity index (χ4v) is 2.59. The number of aromatic nitrogens is 2. The summed E-state index contributed by atoms with van der Waals surface area (Å²) in [5.74, 6) is -0.946. The van der Waals surface area contributed by atoms with Gasteiger partial charge in [0, 0.05) is 11.9 Å². The Morgan fingerprint density at radius 2 is 2.35 bits per heavy atom. The zero-order valence-corrected chi connectivity index (χ0v) is 11.6. The highest BCUT2D eigenvalue weighted by atomic mass is 35.5. The van der Waals surface area contributed by atoms with E-state index in [1.165, 1.54) is 12.3 Å². The second kappa shape index (κ2) is 4.64. The smallest absolute Gasteiger partial charge is 0.130 e. The molecule has 3 rings (SSSR count). The van der Waals surface area contributed by atoms with Crippen LogP contribution < -0.4 is 0 Å². The predicted octanol–water partition coefficient (Wildman–Crippen LogP) is 3.52. The Kier molecular flexibility index (Phi) is 3.06. The monoisotopic (exact) mass is 293 g/mol. The van der Waals surface area contributed by atoms with Gasteiger partial charge in [0.15, 0.2) is 0 Å². The summed E-state index contributed by atoms with van der Waals surface area (Å²) >= 11 is 5.97. The number of rotatable bonds is 3. The zero-order chi connectivity index (χ0) is 14.3. The van der Waals surface area contributed by atoms with Crippen molar-refractivity contribution in [2.45, 2.75) is 31.8 Å². The third kappa shape index (κ3) is 2.01. The molecule has 1 N–H and O–H groups in total. The number of hydrogen-bond acceptors (Lipinski definition) is 3. The molecule has 1 aromatic rings. The quantitative estimate of drug-likeness (QED) is 0.927. The van der Waals surface area contributed by atoms with Gasteiger partial charge in [-0.3, -0.25) is 5.10 Å². The van der Waals surface area contributed by atoms with Crippen molar-refractivity contribution in [3.8, 4) is 6.07 Å². The first-order valence-corrected chi connectivity index (χ1v) is 6.78. The molecule has 0 radical (unpaired) electrons. The molecule has 20 heavy (non-hydrogen) atoms. The maximum Gasteiger partial charge on any atom is 0.130 e. The molecule has 4 nitrogen and oxygen atoms in total. The summed E-state index contributed by atoms with van der Waals surface area (Å²) in [5.41, 5.74) is -0.632. The molecule has 0 aliphatic heterocycles. The van der Waals surface area contributed by atoms with Gasteiger partial charge in [0.05, 0.1) is 23.1 Å². The van der Waals surface area contributed by atoms with Crippen molar-refractivity contribution in [3.63, 3.8) is 0 Å². The van der Waals surface area contributed by atoms with Crippen molar-refractivity contribution >= 4 is 11.6 Å². The minimum absolute atomic E-state index is 0.0204. The Morgan fingerprint density at radius 1 is 1.60 bits per heavy atom. The van der Waals surface area contributed by atoms with Gasteiger partial charge in [-0.2, -0.15) is 10.4 Å². The minimum Gasteiger partial charge on any atom is -0.493 e. The maximum atomic E-state index is 14.5. The molecule has 0 saturated heterocycles. The normalized spacial score (nSPS) is 29.9. The molecular formula is C14H13ClFN3O. The molecule has 1 fully saturated rings. The van der Waals surface area contributed by atoms with Crippen LogP contribution in [0, 0.1) is 16.7 Å². The van der Waals surface area contributed by atoms with Gasteiger partial charge in [0.25, 0.3) is 0 Å². The molecule has 0 aromatic carbocycles. The van der Waals surface area contributed by atoms with Crippen molar-refractivity contribution in [1.29, 1.82) is 5.26 Å². The van der Waals surface area contributed by atoms with E-state index in [0.29, 0.717) is 11.5 Å². The lowest BCUT2D eigenvalue weighted by atomic mass is 9.71. The summed E-state index contributed by atoms with van der Waals surface area (Å²) < 4.78 is 20.2. The minimum atomic E-state index is -1.14. The van der Waals surface area contributed by atoms with Crippen LogP contribution in [0.3, 0.4) is 0 Å². The Bertz CT molecular complexity index is 627. The molecule has 0 spiro atoms. The van der Waals surface area contributed by atoms with Gasteiger partial charge in [-0.05, 0) is 31.9 Å². The van der Waals surface area contributed by atoms with E-state index in [1.54, 1.807) is 13.0 Å². The van der Waals surface area contributed by atoms with Crippen molar-refractivity contribution in [2.75, 3.05) is 0 Å². The predicted molar refractivity (Wildman–Crippen MR) is 71.2 cm³/mol. The van der Waals surface area contributed by atoms with E-state index in [9.17, 15) is 9.65 Å². The van der Waals surface area contributed by atoms with E-state index in [0.717, 1.165) is 12.8 Å². The van der Waals surface area contributed by atoms with Gasteiger partial charge in [-0.15, -0.1) is 0 Å². The van der Waals surface area contributed by atoms with Gasteiger partial charge in [-0.25, -0.2) is 4.39 Å². The number of halogens is 2. The third-order valence-electron chi connectivity index (χ3n) is 3.71. The Labute approximate surface area is 120 Å². The van der Waals surface area contributed by atoms with Crippen LogP contribution in [0.5, 0.6) is 0 Å². The molecule has 0 amide bonds. The molecule has 1 aromatic heterocycles. The van der Waals surface area contributed by atoms with E-state index >= 15 is 0 Å². The summed E-state index contributed by atoms with van der Waals surface area (Å²) in [4.78, 5) is 0. The van der Waals surface area contributed by atoms with Crippen LogP contribution in [-0.4, -0.2) is 16.3 Å². The summed E-state index contributed by atoms with van der Waals surface area (Å²) in [7, 11) is 0. The number of nitrogens with one attached hydrogen (secondary N) is 1. The lowest BCUT2D eigenvalue weighted by Crippen LogP contribution is -2.31. The Hall–Kier alpha value is -1.80. The zero-order valence-electron chi connectivity index (χ0n) is 10.9. The third-order valence-corrected chi connectivity index (χ3v) is 4.00. The summed E-state index contributed by atoms with van der Waals surface area (Å²) in [6.45, 7) is 1.66. The fourth-order valence-electron chi connectivity index (χ4n) is 2.38. The van der Waals surface area contributed by atoms with Crippen LogP contribution in [0.4, 0.5) is 4.39 Å². The lowest BCUT2D eigenvalue weighted by Gasteiger charge is -2.35. The van der Waals surface area contributed by atoms with E-state index in [-0.39, 0.29) is 11.1 Å². The number of hydrogen-bond donors (Lipinski definition) is 1. The van der Waals surface area contributed by atoms with Crippen LogP contribution in [0.2, 0.25) is 0 Å². The van der Waals surface area contributed by atoms with Crippen LogP contribution in [0.25, 0.3) is 0 Å². The molecule has 2 aliphatic carbocycles. The highest BCUT2D eigenvalue weighted by Crippen LogP contribution is 2.52. The average Bonchev–Trinajstić information content (AvgIpc) is 3.09. The van der Waals surface area contributed by atoms with Gasteiger partial charge in [-0.1, -0.05) is 11.6 Å². The van der Waals surface area contributed by atoms with E-state index < -0.39 is 17.2 Å². The first kappa shape index (κ1) is 13.2. The van der Waals surface area contributed by atoms with Gasteiger partial charge < -0.3 is 4.74 Å². The van der Waals surface area contributed by atoms with Gasteiger partial charge in [0.1, 0.15) is 17.0 Å². The number of ether oxygens (including phenoxy) is 1. The van der Waals surface area contributed by atoms with Crippen molar-refractivity contribution in [2.24, 2.45) is 5.41 Å². The molecule has 0 bridgehead atoms. The fraction of sp³-hybridized carbons (Fsp3) is 0.429. The number of allylic oxidation sites excluding steroid dienone is 4. The highest BCUT2D eigenvalue weighted by molar-refractivity contribution is 6.31. The molecule has 2 unspecified atom stereocenters. The number of H-pyrrole nitrogens is 1. The van der Waals surface area contributed by atoms with Crippen LogP contribution >= 0.6 is 11.6 Å². The second-order valence-corrected chi connectivity index (χ2v) is 5.69. The lowest BCUT2D eigenvalue weighted by molar-refractivity contribution is 0.130. The second-order valence-electron chi connectivity index (χ2n) is 5.28. The number of aromatic amines is 1. The van der Waals surface area contributed by atoms with Gasteiger partial charge in [0.2, 0.25) is 0 Å². The molecule has 2 aliphatic rings. The van der Waals surface area contributed by atoms with Crippen LogP contribution in [0.1, 0.15) is 31.4 Å². The average molecular weight is 294 g/mol. The first-order chi connectivity index (χ1) is 9.56. The van der Waals surface area contributed by atoms with Crippen molar-refractivity contribution < 1.29 is 9.13 Å². The summed E-state index contributed by atoms with van der Waals surface area (Å²) in [5, 5.41) is 16.1. The molecule has 104 valence electrons. The van der Waals surface area contributed by atoms with E-state index in [4.69, 9.17) is 16.3 Å². The standard InChI is InChI=1S/C14H13ClFN3O/c1-14(7-17)11(20-8-2-3-8)6-9(15)13(16)12(14)10-4-5-18-19-10/h4-6,8,12H,2-3H2,1H3,(H,18,19). The van der Waals surface area contributed by atoms with Crippen molar-refractivity contribution in [1.82, 2.24) is 10.2 Å². The first-order valence-electron chi connectivity index (χ1n) is 6.41. The summed E-state index contributed by atoms with van der Waals surface area (Å²) in [6.07, 6.45) is 4.97. The largest absolute Gasteiger partial charge is 0.493 e. The highest BCUT2D eigenvalue weighted by Gasteiger charge is 2.48. The number of nitrogens with zero attached hydrogens (tertiary/aromatic N) is 2. The molecular weight excluding hydrogens is 281 g/mol. The molecule has 2 atom stereocenters. The van der Waals surface area contributed by atoms with Crippen LogP contribution in [-0.2, 0) is 4.74 Å². The molecule has 1 heterocycles. The van der Waals surface area contributed by atoms with Crippen molar-refractivity contribution in [3.05, 3.63) is 40.7 Å². The Balaban J connectivity index is 2.08. The number of nitriles is 1. The maximum absolute atomic E-state index is 14.5. The molecule has 6 heteroatoms. The summed E-state index contributed by atoms with van der Waals surface area (Å²) in [6, 6.07) is 3.82.